The quantitative estimate of drug-likeness (QED) is 0.243. The molecule has 0 amide bonds. The Morgan fingerprint density at radius 2 is 1.64 bits per heavy atom. The molecule has 0 spiro atoms. The predicted molar refractivity (Wildman–Crippen MR) is 148 cm³/mol. The Kier molecular flexibility index (Phi) is 15.9. The van der Waals surface area contributed by atoms with E-state index in [1.54, 1.807) is 13.0 Å². The highest BCUT2D eigenvalue weighted by atomic mass is 32.1. The molecule has 0 saturated heterocycles. The number of aryl methyl sites for hydroxylation is 2. The zero-order valence-electron chi connectivity index (χ0n) is 22.1. The van der Waals surface area contributed by atoms with Gasteiger partial charge in [0, 0.05) is 5.56 Å². The molecule has 0 aliphatic carbocycles. The molecule has 0 heterocycles. The molecule has 0 atom stereocenters. The fourth-order valence-electron chi connectivity index (χ4n) is 2.60. The lowest BCUT2D eigenvalue weighted by Crippen LogP contribution is -2.13. The van der Waals surface area contributed by atoms with Crippen LogP contribution in [0.2, 0.25) is 0 Å². The smallest absolute Gasteiger partial charge is 0.124 e. The SMILES string of the molecule is CC(=S)N/N=C(\C)c1cc(C(C)C)ccc1O.CCCC.CCCOc1ccc(C)cc1C. The van der Waals surface area contributed by atoms with Crippen molar-refractivity contribution >= 4 is 22.9 Å². The van der Waals surface area contributed by atoms with Crippen LogP contribution in [0, 0.1) is 13.8 Å². The van der Waals surface area contributed by atoms with Crippen molar-refractivity contribution in [1.82, 2.24) is 5.43 Å². The lowest BCUT2D eigenvalue weighted by Gasteiger charge is -2.10. The van der Waals surface area contributed by atoms with E-state index in [1.807, 2.05) is 25.1 Å². The van der Waals surface area contributed by atoms with Gasteiger partial charge in [0.05, 0.1) is 17.3 Å². The predicted octanol–water partition coefficient (Wildman–Crippen LogP) is 8.08. The molecule has 2 aromatic rings. The van der Waals surface area contributed by atoms with Crippen molar-refractivity contribution in [2.24, 2.45) is 5.10 Å². The van der Waals surface area contributed by atoms with E-state index in [0.717, 1.165) is 24.3 Å². The fourth-order valence-corrected chi connectivity index (χ4v) is 2.64. The molecule has 0 aliphatic heterocycles. The third-order valence-corrected chi connectivity index (χ3v) is 4.84. The largest absolute Gasteiger partial charge is 0.507 e. The summed E-state index contributed by atoms with van der Waals surface area (Å²) in [6.07, 6.45) is 3.70. The van der Waals surface area contributed by atoms with Gasteiger partial charge in [-0.2, -0.15) is 5.10 Å². The van der Waals surface area contributed by atoms with E-state index in [0.29, 0.717) is 16.6 Å². The average molecular weight is 473 g/mol. The van der Waals surface area contributed by atoms with Crippen LogP contribution in [0.15, 0.2) is 41.5 Å². The number of thiocarbonyl (C=S) groups is 1. The number of benzene rings is 2. The van der Waals surface area contributed by atoms with Gasteiger partial charge >= 0.3 is 0 Å². The third kappa shape index (κ3) is 13.0. The number of ether oxygens (including phenoxy) is 1. The Labute approximate surface area is 207 Å². The highest BCUT2D eigenvalue weighted by Crippen LogP contribution is 2.23. The molecule has 0 aromatic heterocycles. The molecule has 0 bridgehead atoms. The van der Waals surface area contributed by atoms with E-state index >= 15 is 0 Å². The molecule has 0 unspecified atom stereocenters. The summed E-state index contributed by atoms with van der Waals surface area (Å²) in [6.45, 7) is 19.3. The summed E-state index contributed by atoms with van der Waals surface area (Å²) in [6, 6.07) is 11.9. The number of rotatable bonds is 7. The summed E-state index contributed by atoms with van der Waals surface area (Å²) in [5.41, 5.74) is 7.87. The van der Waals surface area contributed by atoms with Crippen molar-refractivity contribution in [3.8, 4) is 11.5 Å². The Balaban J connectivity index is 0.000000556. The number of hydrogen-bond donors (Lipinski definition) is 2. The lowest BCUT2D eigenvalue weighted by atomic mass is 9.99. The zero-order chi connectivity index (χ0) is 25.4. The summed E-state index contributed by atoms with van der Waals surface area (Å²) in [5.74, 6) is 1.67. The van der Waals surface area contributed by atoms with Gasteiger partial charge in [-0.3, -0.25) is 5.43 Å². The Morgan fingerprint density at radius 1 is 1.00 bits per heavy atom. The van der Waals surface area contributed by atoms with Crippen LogP contribution in [0.3, 0.4) is 0 Å². The first kappa shape index (κ1) is 30.6. The summed E-state index contributed by atoms with van der Waals surface area (Å²) < 4.78 is 5.54. The number of nitrogens with one attached hydrogen (secondary N) is 1. The number of nitrogens with zero attached hydrogens (tertiary/aromatic N) is 1. The van der Waals surface area contributed by atoms with Crippen LogP contribution in [0.1, 0.15) is 95.9 Å². The van der Waals surface area contributed by atoms with Crippen molar-refractivity contribution in [2.75, 3.05) is 6.61 Å². The molecule has 4 nitrogen and oxygen atoms in total. The Bertz CT molecular complexity index is 874. The molecule has 0 saturated carbocycles. The first-order chi connectivity index (χ1) is 15.6. The molecule has 184 valence electrons. The standard InChI is InChI=1S/C13H18N2OS.C11H16O.C4H10/c1-8(2)11-5-6-13(16)12(7-11)9(3)14-15-10(4)17;1-4-7-12-11-6-5-9(2)8-10(11)3;1-3-4-2/h5-8,16H,1-4H3,(H,15,17);5-6,8H,4,7H2,1-3H3;3-4H2,1-2H3/b14-9+;;. The van der Waals surface area contributed by atoms with Crippen LogP contribution >= 0.6 is 12.2 Å². The molecule has 0 aliphatic rings. The highest BCUT2D eigenvalue weighted by molar-refractivity contribution is 7.80. The number of unbranched alkanes of at least 4 members (excludes halogenated alkanes) is 1. The van der Waals surface area contributed by atoms with E-state index in [9.17, 15) is 5.11 Å². The van der Waals surface area contributed by atoms with Gasteiger partial charge in [-0.15, -0.1) is 0 Å². The molecular formula is C28H44N2O2S. The maximum atomic E-state index is 9.81. The van der Waals surface area contributed by atoms with Crippen molar-refractivity contribution in [1.29, 1.82) is 0 Å². The highest BCUT2D eigenvalue weighted by Gasteiger charge is 2.08. The van der Waals surface area contributed by atoms with E-state index in [-0.39, 0.29) is 5.75 Å². The lowest BCUT2D eigenvalue weighted by molar-refractivity contribution is 0.315. The topological polar surface area (TPSA) is 53.9 Å². The van der Waals surface area contributed by atoms with Gasteiger partial charge < -0.3 is 9.84 Å². The minimum Gasteiger partial charge on any atom is -0.507 e. The second-order valence-electron chi connectivity index (χ2n) is 8.41. The van der Waals surface area contributed by atoms with Crippen LogP contribution in [0.25, 0.3) is 0 Å². The van der Waals surface area contributed by atoms with Gasteiger partial charge in [-0.1, -0.05) is 83.4 Å². The maximum absolute atomic E-state index is 9.81. The Morgan fingerprint density at radius 3 is 2.12 bits per heavy atom. The van der Waals surface area contributed by atoms with Crippen LogP contribution in [0.4, 0.5) is 0 Å². The maximum Gasteiger partial charge on any atom is 0.124 e. The van der Waals surface area contributed by atoms with Crippen molar-refractivity contribution in [3.05, 3.63) is 58.7 Å². The molecule has 33 heavy (non-hydrogen) atoms. The second-order valence-corrected chi connectivity index (χ2v) is 9.03. The van der Waals surface area contributed by atoms with Crippen molar-refractivity contribution < 1.29 is 9.84 Å². The van der Waals surface area contributed by atoms with Crippen molar-refractivity contribution in [3.63, 3.8) is 0 Å². The van der Waals surface area contributed by atoms with Gasteiger partial charge in [0.25, 0.3) is 0 Å². The second kappa shape index (κ2) is 17.1. The normalized spacial score (nSPS) is 10.5. The summed E-state index contributed by atoms with van der Waals surface area (Å²) in [7, 11) is 0. The fraction of sp³-hybridized carbons (Fsp3) is 0.500. The van der Waals surface area contributed by atoms with Crippen LogP contribution < -0.4 is 10.2 Å². The van der Waals surface area contributed by atoms with Crippen molar-refractivity contribution in [2.45, 2.75) is 87.5 Å². The van der Waals surface area contributed by atoms with Crippen LogP contribution in [0.5, 0.6) is 11.5 Å². The summed E-state index contributed by atoms with van der Waals surface area (Å²) in [5, 5.41) is 13.9. The number of phenols is 1. The van der Waals surface area contributed by atoms with Gasteiger partial charge in [-0.05, 0) is 69.4 Å². The van der Waals surface area contributed by atoms with Crippen LogP contribution in [-0.2, 0) is 0 Å². The molecule has 2 rings (SSSR count). The molecule has 0 radical (unpaired) electrons. The first-order valence-electron chi connectivity index (χ1n) is 11.9. The molecule has 2 aromatic carbocycles. The van der Waals surface area contributed by atoms with E-state index in [1.165, 1.54) is 29.5 Å². The first-order valence-corrected chi connectivity index (χ1v) is 12.3. The Hall–Kier alpha value is -2.40. The van der Waals surface area contributed by atoms with Gasteiger partial charge in [-0.25, -0.2) is 0 Å². The van der Waals surface area contributed by atoms with E-state index in [2.05, 4.69) is 71.1 Å². The van der Waals surface area contributed by atoms with Crippen LogP contribution in [-0.4, -0.2) is 22.4 Å². The van der Waals surface area contributed by atoms with E-state index in [4.69, 9.17) is 17.0 Å². The van der Waals surface area contributed by atoms with E-state index < -0.39 is 0 Å². The average Bonchev–Trinajstić information content (AvgIpc) is 2.77. The molecule has 2 N–H and O–H groups in total. The summed E-state index contributed by atoms with van der Waals surface area (Å²) in [4.78, 5) is 0.601. The zero-order valence-corrected chi connectivity index (χ0v) is 22.9. The number of hydrogen-bond acceptors (Lipinski definition) is 4. The molecule has 5 heteroatoms. The minimum atomic E-state index is 0.236. The van der Waals surface area contributed by atoms with Gasteiger partial charge in [0.15, 0.2) is 0 Å². The van der Waals surface area contributed by atoms with Gasteiger partial charge in [0.1, 0.15) is 11.5 Å². The third-order valence-electron chi connectivity index (χ3n) is 4.75. The molecule has 0 fully saturated rings. The minimum absolute atomic E-state index is 0.236. The number of hydrazone groups is 1. The van der Waals surface area contributed by atoms with Gasteiger partial charge in [0.2, 0.25) is 0 Å². The monoisotopic (exact) mass is 472 g/mol. The summed E-state index contributed by atoms with van der Waals surface area (Å²) >= 11 is 4.88. The molecular weight excluding hydrogens is 428 g/mol. The number of phenolic OH excluding ortho intramolecular Hbond substituents is 1. The number of aromatic hydroxyl groups is 1.